The maximum absolute atomic E-state index is 12.7. The van der Waals surface area contributed by atoms with Gasteiger partial charge in [-0.3, -0.25) is 9.69 Å². The van der Waals surface area contributed by atoms with E-state index < -0.39 is 0 Å². The number of ether oxygens (including phenoxy) is 2. The van der Waals surface area contributed by atoms with Crippen LogP contribution in [0.3, 0.4) is 0 Å². The first-order valence-electron chi connectivity index (χ1n) is 10.2. The second kappa shape index (κ2) is 8.68. The Labute approximate surface area is 187 Å². The molecule has 160 valence electrons. The Morgan fingerprint density at radius 3 is 2.68 bits per heavy atom. The normalized spacial score (nSPS) is 16.4. The van der Waals surface area contributed by atoms with Gasteiger partial charge in [-0.05, 0) is 62.3 Å². The highest BCUT2D eigenvalue weighted by Crippen LogP contribution is 2.34. The molecule has 1 saturated heterocycles. The third-order valence-corrected chi connectivity index (χ3v) is 6.06. The molecule has 2 aromatic carbocycles. The molecule has 0 radical (unpaired) electrons. The highest BCUT2D eigenvalue weighted by atomic mass is 79.9. The lowest BCUT2D eigenvalue weighted by molar-refractivity contribution is -0.121. The molecule has 1 aromatic heterocycles. The zero-order valence-corrected chi connectivity index (χ0v) is 18.3. The topological polar surface area (TPSA) is 89.7 Å². The Balaban J connectivity index is 1.13. The molecule has 0 unspecified atom stereocenters. The van der Waals surface area contributed by atoms with Crippen molar-refractivity contribution in [2.75, 3.05) is 25.2 Å². The van der Waals surface area contributed by atoms with E-state index in [1.807, 2.05) is 36.4 Å². The lowest BCUT2D eigenvalue weighted by atomic mass is 9.96. The molecule has 5 rings (SSSR count). The van der Waals surface area contributed by atoms with Crippen LogP contribution in [0.5, 0.6) is 11.5 Å². The number of hydrogen-bond acceptors (Lipinski definition) is 7. The minimum atomic E-state index is -0.0253. The summed E-state index contributed by atoms with van der Waals surface area (Å²) in [6.45, 7) is 2.40. The van der Waals surface area contributed by atoms with E-state index in [-0.39, 0.29) is 18.6 Å². The van der Waals surface area contributed by atoms with Crippen LogP contribution in [0.15, 0.2) is 51.5 Å². The maximum atomic E-state index is 12.7. The summed E-state index contributed by atoms with van der Waals surface area (Å²) < 4.78 is 17.1. The molecular weight excluding hydrogens is 464 g/mol. The van der Waals surface area contributed by atoms with Gasteiger partial charge in [-0.15, -0.1) is 0 Å². The summed E-state index contributed by atoms with van der Waals surface area (Å²) in [6.07, 6.45) is 1.56. The molecule has 0 atom stereocenters. The number of hydrogen-bond donors (Lipinski definition) is 1. The predicted octanol–water partition coefficient (Wildman–Crippen LogP) is 4.08. The van der Waals surface area contributed by atoms with Gasteiger partial charge in [0.05, 0.1) is 6.54 Å². The Morgan fingerprint density at radius 2 is 1.87 bits per heavy atom. The fourth-order valence-electron chi connectivity index (χ4n) is 3.80. The average Bonchev–Trinajstić information content (AvgIpc) is 3.44. The number of rotatable bonds is 5. The number of likely N-dealkylation sites (tertiary alicyclic amines) is 1. The van der Waals surface area contributed by atoms with E-state index in [2.05, 4.69) is 36.3 Å². The van der Waals surface area contributed by atoms with Crippen molar-refractivity contribution in [1.29, 1.82) is 0 Å². The lowest BCUT2D eigenvalue weighted by Crippen LogP contribution is -2.37. The number of carbonyl (C=O) groups is 1. The molecule has 0 spiro atoms. The van der Waals surface area contributed by atoms with Gasteiger partial charge in [0.25, 0.3) is 0 Å². The van der Waals surface area contributed by atoms with Crippen molar-refractivity contribution in [2.45, 2.75) is 19.4 Å². The molecule has 2 aliphatic rings. The molecule has 9 heteroatoms. The van der Waals surface area contributed by atoms with Gasteiger partial charge in [0.1, 0.15) is 0 Å². The van der Waals surface area contributed by atoms with E-state index in [1.54, 1.807) is 6.07 Å². The van der Waals surface area contributed by atoms with E-state index in [9.17, 15) is 4.79 Å². The molecule has 1 fully saturated rings. The van der Waals surface area contributed by atoms with Gasteiger partial charge >= 0.3 is 0 Å². The van der Waals surface area contributed by atoms with Crippen molar-refractivity contribution in [3.8, 4) is 22.9 Å². The van der Waals surface area contributed by atoms with E-state index >= 15 is 0 Å². The summed E-state index contributed by atoms with van der Waals surface area (Å²) in [7, 11) is 0. The number of piperidine rings is 1. The molecule has 3 aromatic rings. The van der Waals surface area contributed by atoms with Crippen molar-refractivity contribution in [1.82, 2.24) is 15.0 Å². The van der Waals surface area contributed by atoms with Gasteiger partial charge in [-0.2, -0.15) is 4.98 Å². The van der Waals surface area contributed by atoms with Crippen LogP contribution in [-0.4, -0.2) is 40.8 Å². The monoisotopic (exact) mass is 484 g/mol. The van der Waals surface area contributed by atoms with Crippen molar-refractivity contribution in [3.63, 3.8) is 0 Å². The van der Waals surface area contributed by atoms with Gasteiger partial charge in [0, 0.05) is 27.7 Å². The van der Waals surface area contributed by atoms with Crippen molar-refractivity contribution in [3.05, 3.63) is 52.8 Å². The number of amides is 1. The number of aromatic nitrogens is 2. The number of anilines is 1. The third kappa shape index (κ3) is 4.57. The Bertz CT molecular complexity index is 1080. The highest BCUT2D eigenvalue weighted by molar-refractivity contribution is 9.10. The van der Waals surface area contributed by atoms with E-state index in [1.165, 1.54) is 0 Å². The summed E-state index contributed by atoms with van der Waals surface area (Å²) in [4.78, 5) is 19.4. The summed E-state index contributed by atoms with van der Waals surface area (Å²) in [5.41, 5.74) is 1.64. The molecule has 1 N–H and O–H groups in total. The Kier molecular flexibility index (Phi) is 5.61. The van der Waals surface area contributed by atoms with Gasteiger partial charge in [-0.25, -0.2) is 0 Å². The van der Waals surface area contributed by atoms with Crippen LogP contribution in [0.2, 0.25) is 0 Å². The molecule has 2 aliphatic heterocycles. The lowest BCUT2D eigenvalue weighted by Gasteiger charge is -2.30. The van der Waals surface area contributed by atoms with Crippen molar-refractivity contribution >= 4 is 27.5 Å². The molecule has 0 saturated carbocycles. The molecule has 0 aliphatic carbocycles. The summed E-state index contributed by atoms with van der Waals surface area (Å²) in [6, 6.07) is 13.2. The molecule has 1 amide bonds. The van der Waals surface area contributed by atoms with Crippen molar-refractivity contribution < 1.29 is 18.8 Å². The number of nitrogens with one attached hydrogen (secondary N) is 1. The van der Waals surface area contributed by atoms with Gasteiger partial charge in [0.15, 0.2) is 11.5 Å². The minimum Gasteiger partial charge on any atom is -0.454 e. The van der Waals surface area contributed by atoms with Crippen molar-refractivity contribution in [2.24, 2.45) is 5.92 Å². The second-order valence-corrected chi connectivity index (χ2v) is 8.54. The van der Waals surface area contributed by atoms with Gasteiger partial charge < -0.3 is 19.3 Å². The Hall–Kier alpha value is -2.91. The zero-order chi connectivity index (χ0) is 21.2. The summed E-state index contributed by atoms with van der Waals surface area (Å²) in [5.74, 6) is 2.54. The molecule has 31 heavy (non-hydrogen) atoms. The number of halogens is 1. The summed E-state index contributed by atoms with van der Waals surface area (Å²) in [5, 5.41) is 7.08. The SMILES string of the molecule is O=C(Nc1ccc2c(c1)OCO2)C1CCN(Cc2nc(-c3ccc(Br)cc3)no2)CC1. The number of carbonyl (C=O) groups excluding carboxylic acids is 1. The standard InChI is InChI=1S/C22H21BrN4O4/c23-16-3-1-14(2-4-16)21-25-20(31-26-21)12-27-9-7-15(8-10-27)22(28)24-17-5-6-18-19(11-17)30-13-29-18/h1-6,11,15H,7-10,12-13H2,(H,24,28). The average molecular weight is 485 g/mol. The molecule has 0 bridgehead atoms. The second-order valence-electron chi connectivity index (χ2n) is 7.63. The number of fused-ring (bicyclic) bond motifs is 1. The minimum absolute atomic E-state index is 0.0253. The fraction of sp³-hybridized carbons (Fsp3) is 0.318. The van der Waals surface area contributed by atoms with Crippen LogP contribution in [0.4, 0.5) is 5.69 Å². The first-order chi connectivity index (χ1) is 15.1. The number of nitrogens with zero attached hydrogens (tertiary/aromatic N) is 3. The van der Waals surface area contributed by atoms with Crippen LogP contribution < -0.4 is 14.8 Å². The Morgan fingerprint density at radius 1 is 1.10 bits per heavy atom. The maximum Gasteiger partial charge on any atom is 0.241 e. The largest absolute Gasteiger partial charge is 0.454 e. The van der Waals surface area contributed by atoms with E-state index in [0.29, 0.717) is 29.8 Å². The molecular formula is C22H21BrN4O4. The molecule has 3 heterocycles. The van der Waals surface area contributed by atoms with Crippen LogP contribution >= 0.6 is 15.9 Å². The van der Waals surface area contributed by atoms with Gasteiger partial charge in [-0.1, -0.05) is 21.1 Å². The quantitative estimate of drug-likeness (QED) is 0.583. The molecule has 8 nitrogen and oxygen atoms in total. The summed E-state index contributed by atoms with van der Waals surface area (Å²) >= 11 is 3.42. The fourth-order valence-corrected chi connectivity index (χ4v) is 4.06. The highest BCUT2D eigenvalue weighted by Gasteiger charge is 2.26. The first kappa shape index (κ1) is 20.0. The smallest absolute Gasteiger partial charge is 0.241 e. The van der Waals surface area contributed by atoms with E-state index in [0.717, 1.165) is 41.7 Å². The van der Waals surface area contributed by atoms with Crippen LogP contribution in [0, 0.1) is 5.92 Å². The predicted molar refractivity (Wildman–Crippen MR) is 117 cm³/mol. The number of benzene rings is 2. The van der Waals surface area contributed by atoms with Crippen LogP contribution in [0.25, 0.3) is 11.4 Å². The van der Waals surface area contributed by atoms with Gasteiger partial charge in [0.2, 0.25) is 24.4 Å². The van der Waals surface area contributed by atoms with Crippen LogP contribution in [0.1, 0.15) is 18.7 Å². The third-order valence-electron chi connectivity index (χ3n) is 5.53. The van der Waals surface area contributed by atoms with Crippen LogP contribution in [-0.2, 0) is 11.3 Å². The zero-order valence-electron chi connectivity index (χ0n) is 16.7. The van der Waals surface area contributed by atoms with E-state index in [4.69, 9.17) is 14.0 Å². The first-order valence-corrected chi connectivity index (χ1v) is 10.9.